The average molecular weight is 457 g/mol. The fourth-order valence-electron chi connectivity index (χ4n) is 4.04. The second-order valence-electron chi connectivity index (χ2n) is 7.90. The molecule has 2 heterocycles. The fraction of sp³-hybridized carbons (Fsp3) is 0.667. The molecule has 1 amide bonds. The zero-order valence-electron chi connectivity index (χ0n) is 17.8. The number of amides is 1. The summed E-state index contributed by atoms with van der Waals surface area (Å²) < 4.78 is 44.7. The summed E-state index contributed by atoms with van der Waals surface area (Å²) in [7, 11) is -2.42. The van der Waals surface area contributed by atoms with Gasteiger partial charge in [-0.15, -0.1) is 0 Å². The summed E-state index contributed by atoms with van der Waals surface area (Å²) in [5.41, 5.74) is 0. The molecule has 0 aromatic heterocycles. The largest absolute Gasteiger partial charge is 0.495 e. The number of benzene rings is 1. The Morgan fingerprint density at radius 3 is 2.65 bits per heavy atom. The van der Waals surface area contributed by atoms with Gasteiger partial charge in [0.25, 0.3) is 0 Å². The second-order valence-corrected chi connectivity index (χ2v) is 9.58. The molecule has 2 aliphatic heterocycles. The molecule has 0 bridgehead atoms. The molecule has 10 heteroatoms. The number of rotatable bonds is 9. The number of aliphatic hydroxyl groups excluding tert-OH is 1. The molecule has 0 radical (unpaired) electrons. The SMILES string of the molecule is COc1ccccc1S(=O)(=O)N[C@H]1CC[C@H](CCNC(=O)C2CCOCC2)O[C@H]1CO. The Labute approximate surface area is 183 Å². The first-order valence-electron chi connectivity index (χ1n) is 10.7. The number of carbonyl (C=O) groups is 1. The van der Waals surface area contributed by atoms with Gasteiger partial charge in [-0.05, 0) is 44.2 Å². The number of sulfonamides is 1. The van der Waals surface area contributed by atoms with Gasteiger partial charge in [0.2, 0.25) is 15.9 Å². The molecule has 0 spiro atoms. The van der Waals surface area contributed by atoms with Gasteiger partial charge >= 0.3 is 0 Å². The molecule has 2 fully saturated rings. The molecule has 1 aromatic rings. The van der Waals surface area contributed by atoms with Crippen molar-refractivity contribution in [3.63, 3.8) is 0 Å². The Bertz CT molecular complexity index is 827. The van der Waals surface area contributed by atoms with Crippen LogP contribution in [0.2, 0.25) is 0 Å². The topological polar surface area (TPSA) is 123 Å². The van der Waals surface area contributed by atoms with Crippen LogP contribution < -0.4 is 14.8 Å². The fourth-order valence-corrected chi connectivity index (χ4v) is 5.51. The van der Waals surface area contributed by atoms with E-state index in [1.54, 1.807) is 18.2 Å². The summed E-state index contributed by atoms with van der Waals surface area (Å²) in [5, 5.41) is 12.7. The zero-order valence-corrected chi connectivity index (χ0v) is 18.6. The molecule has 2 aliphatic rings. The highest BCUT2D eigenvalue weighted by atomic mass is 32.2. The van der Waals surface area contributed by atoms with Crippen molar-refractivity contribution in [2.75, 3.05) is 33.5 Å². The monoisotopic (exact) mass is 456 g/mol. The lowest BCUT2D eigenvalue weighted by Gasteiger charge is -2.36. The average Bonchev–Trinajstić information content (AvgIpc) is 2.80. The van der Waals surface area contributed by atoms with Crippen molar-refractivity contribution in [1.82, 2.24) is 10.0 Å². The van der Waals surface area contributed by atoms with Crippen LogP contribution in [0.1, 0.15) is 32.1 Å². The van der Waals surface area contributed by atoms with E-state index in [2.05, 4.69) is 10.0 Å². The predicted octanol–water partition coefficient (Wildman–Crippen LogP) is 0.815. The van der Waals surface area contributed by atoms with E-state index in [0.717, 1.165) is 12.8 Å². The van der Waals surface area contributed by atoms with Gasteiger partial charge in [-0.1, -0.05) is 12.1 Å². The third kappa shape index (κ3) is 6.39. The third-order valence-electron chi connectivity index (χ3n) is 5.82. The van der Waals surface area contributed by atoms with Gasteiger partial charge in [-0.2, -0.15) is 0 Å². The molecule has 9 nitrogen and oxygen atoms in total. The van der Waals surface area contributed by atoms with E-state index in [9.17, 15) is 18.3 Å². The van der Waals surface area contributed by atoms with Crippen LogP contribution >= 0.6 is 0 Å². The Balaban J connectivity index is 1.50. The van der Waals surface area contributed by atoms with Crippen LogP contribution in [0.15, 0.2) is 29.2 Å². The summed E-state index contributed by atoms with van der Waals surface area (Å²) >= 11 is 0. The Kier molecular flexibility index (Phi) is 8.67. The maximum absolute atomic E-state index is 12.8. The molecular weight excluding hydrogens is 424 g/mol. The number of methoxy groups -OCH3 is 1. The van der Waals surface area contributed by atoms with Gasteiger partial charge < -0.3 is 24.6 Å². The Morgan fingerprint density at radius 1 is 1.19 bits per heavy atom. The smallest absolute Gasteiger partial charge is 0.244 e. The van der Waals surface area contributed by atoms with Crippen LogP contribution in [0.25, 0.3) is 0 Å². The number of nitrogens with one attached hydrogen (secondary N) is 2. The van der Waals surface area contributed by atoms with E-state index < -0.39 is 22.2 Å². The zero-order chi connectivity index (χ0) is 22.3. The molecule has 0 unspecified atom stereocenters. The van der Waals surface area contributed by atoms with Crippen molar-refractivity contribution in [3.05, 3.63) is 24.3 Å². The number of hydrogen-bond acceptors (Lipinski definition) is 7. The first-order chi connectivity index (χ1) is 14.9. The van der Waals surface area contributed by atoms with Crippen molar-refractivity contribution in [2.24, 2.45) is 5.92 Å². The van der Waals surface area contributed by atoms with Crippen LogP contribution in [0.3, 0.4) is 0 Å². The van der Waals surface area contributed by atoms with Crippen LogP contribution in [0.5, 0.6) is 5.75 Å². The minimum absolute atomic E-state index is 0.0000190. The lowest BCUT2D eigenvalue weighted by Crippen LogP contribution is -2.51. The highest BCUT2D eigenvalue weighted by molar-refractivity contribution is 7.89. The van der Waals surface area contributed by atoms with Crippen LogP contribution in [0, 0.1) is 5.92 Å². The molecule has 2 saturated heterocycles. The van der Waals surface area contributed by atoms with Gasteiger partial charge in [-0.25, -0.2) is 13.1 Å². The quantitative estimate of drug-likeness (QED) is 0.503. The van der Waals surface area contributed by atoms with E-state index >= 15 is 0 Å². The van der Waals surface area contributed by atoms with Gasteiger partial charge in [0.05, 0.1) is 32.0 Å². The van der Waals surface area contributed by atoms with Gasteiger partial charge in [-0.3, -0.25) is 4.79 Å². The lowest BCUT2D eigenvalue weighted by atomic mass is 9.97. The standard InChI is InChI=1S/C21H32N2O7S/c1-28-18-4-2-3-5-20(18)31(26,27)23-17-7-6-16(30-19(17)14-24)8-11-22-21(25)15-9-12-29-13-10-15/h2-5,15-17,19,23-24H,6-14H2,1H3,(H,22,25)/t16-,17+,19+/m1/s1. The Hall–Kier alpha value is -1.72. The molecule has 3 rings (SSSR count). The molecule has 174 valence electrons. The third-order valence-corrected chi connectivity index (χ3v) is 7.35. The first-order valence-corrected chi connectivity index (χ1v) is 12.2. The number of aliphatic hydroxyl groups is 1. The second kappa shape index (κ2) is 11.2. The lowest BCUT2D eigenvalue weighted by molar-refractivity contribution is -0.128. The van der Waals surface area contributed by atoms with Crippen molar-refractivity contribution in [1.29, 1.82) is 0 Å². The van der Waals surface area contributed by atoms with E-state index in [4.69, 9.17) is 14.2 Å². The maximum atomic E-state index is 12.8. The van der Waals surface area contributed by atoms with Crippen molar-refractivity contribution >= 4 is 15.9 Å². The van der Waals surface area contributed by atoms with E-state index in [1.165, 1.54) is 13.2 Å². The van der Waals surface area contributed by atoms with Gasteiger partial charge in [0.1, 0.15) is 10.6 Å². The van der Waals surface area contributed by atoms with E-state index in [0.29, 0.717) is 39.0 Å². The first kappa shape index (κ1) is 23.9. The molecular formula is C21H32N2O7S. The molecule has 1 aromatic carbocycles. The summed E-state index contributed by atoms with van der Waals surface area (Å²) in [6, 6.07) is 5.84. The van der Waals surface area contributed by atoms with Gasteiger partial charge in [0, 0.05) is 25.7 Å². The summed E-state index contributed by atoms with van der Waals surface area (Å²) in [5.74, 6) is 0.297. The van der Waals surface area contributed by atoms with Crippen LogP contribution in [-0.2, 0) is 24.3 Å². The number of hydrogen-bond donors (Lipinski definition) is 3. The minimum Gasteiger partial charge on any atom is -0.495 e. The Morgan fingerprint density at radius 2 is 1.94 bits per heavy atom. The highest BCUT2D eigenvalue weighted by Gasteiger charge is 2.34. The molecule has 31 heavy (non-hydrogen) atoms. The van der Waals surface area contributed by atoms with E-state index in [-0.39, 0.29) is 35.2 Å². The molecule has 3 atom stereocenters. The molecule has 0 aliphatic carbocycles. The summed E-state index contributed by atoms with van der Waals surface area (Å²) in [6.07, 6.45) is 2.44. The highest BCUT2D eigenvalue weighted by Crippen LogP contribution is 2.26. The van der Waals surface area contributed by atoms with Crippen molar-refractivity contribution < 1.29 is 32.5 Å². The molecule has 3 N–H and O–H groups in total. The summed E-state index contributed by atoms with van der Waals surface area (Å²) in [4.78, 5) is 12.3. The predicted molar refractivity (Wildman–Crippen MR) is 113 cm³/mol. The van der Waals surface area contributed by atoms with Gasteiger partial charge in [0.15, 0.2) is 0 Å². The van der Waals surface area contributed by atoms with Crippen molar-refractivity contribution in [2.45, 2.75) is 55.2 Å². The summed E-state index contributed by atoms with van der Waals surface area (Å²) in [6.45, 7) is 1.42. The minimum atomic E-state index is -3.84. The van der Waals surface area contributed by atoms with Crippen LogP contribution in [0.4, 0.5) is 0 Å². The molecule has 0 saturated carbocycles. The maximum Gasteiger partial charge on any atom is 0.244 e. The number of carbonyl (C=O) groups excluding carboxylic acids is 1. The normalized spacial score (nSPS) is 25.2. The van der Waals surface area contributed by atoms with Crippen molar-refractivity contribution in [3.8, 4) is 5.75 Å². The van der Waals surface area contributed by atoms with Crippen LogP contribution in [-0.4, -0.2) is 71.2 Å². The number of ether oxygens (including phenoxy) is 3. The van der Waals surface area contributed by atoms with E-state index in [1.807, 2.05) is 0 Å². The number of para-hydroxylation sites is 1.